The van der Waals surface area contributed by atoms with Crippen LogP contribution in [0.25, 0.3) is 6.08 Å². The summed E-state index contributed by atoms with van der Waals surface area (Å²) in [5.74, 6) is 0.498. The monoisotopic (exact) mass is 431 g/mol. The Morgan fingerprint density at radius 1 is 1.15 bits per heavy atom. The van der Waals surface area contributed by atoms with E-state index in [-0.39, 0.29) is 12.8 Å². The normalized spacial score (nSPS) is 13.9. The first-order valence-corrected chi connectivity index (χ1v) is 9.14. The molecule has 1 aliphatic heterocycles. The molecule has 0 radical (unpaired) electrons. The lowest BCUT2D eigenvalue weighted by Crippen LogP contribution is -2.03. The molecule has 1 unspecified atom stereocenters. The minimum Gasteiger partial charge on any atom is -0.478 e. The summed E-state index contributed by atoms with van der Waals surface area (Å²) in [7, 11) is 0. The van der Waals surface area contributed by atoms with Crippen LogP contribution in [0.3, 0.4) is 0 Å². The predicted octanol–water partition coefficient (Wildman–Crippen LogP) is 4.93. The Morgan fingerprint density at radius 2 is 1.81 bits per heavy atom. The van der Waals surface area contributed by atoms with Crippen molar-refractivity contribution in [3.63, 3.8) is 0 Å². The molecular formula is C21H22BrNO4. The zero-order valence-corrected chi connectivity index (χ0v) is 16.8. The van der Waals surface area contributed by atoms with Crippen molar-refractivity contribution in [2.75, 3.05) is 6.79 Å². The summed E-state index contributed by atoms with van der Waals surface area (Å²) in [5.41, 5.74) is 8.62. The first-order valence-electron chi connectivity index (χ1n) is 8.35. The van der Waals surface area contributed by atoms with Crippen LogP contribution in [0, 0.1) is 0 Å². The van der Waals surface area contributed by atoms with Gasteiger partial charge >= 0.3 is 5.97 Å². The SMILES string of the molecule is CC(C=CC(=O)O)=Cc1ccc2c(c1)OCO2.CC(N)c1ccc(Br)cc1. The first-order chi connectivity index (χ1) is 12.8. The van der Waals surface area contributed by atoms with Crippen LogP contribution in [0.1, 0.15) is 31.0 Å². The van der Waals surface area contributed by atoms with Crippen molar-refractivity contribution in [3.05, 3.63) is 75.8 Å². The summed E-state index contributed by atoms with van der Waals surface area (Å²) in [4.78, 5) is 10.4. The molecule has 0 spiro atoms. The number of fused-ring (bicyclic) bond motifs is 1. The van der Waals surface area contributed by atoms with E-state index < -0.39 is 5.97 Å². The molecule has 0 bridgehead atoms. The smallest absolute Gasteiger partial charge is 0.328 e. The van der Waals surface area contributed by atoms with Crippen LogP contribution in [-0.4, -0.2) is 17.9 Å². The summed E-state index contributed by atoms with van der Waals surface area (Å²) in [5, 5.41) is 8.50. The van der Waals surface area contributed by atoms with Gasteiger partial charge in [0, 0.05) is 16.6 Å². The maximum Gasteiger partial charge on any atom is 0.328 e. The molecule has 0 aromatic heterocycles. The number of hydrogen-bond donors (Lipinski definition) is 2. The number of hydrogen-bond acceptors (Lipinski definition) is 4. The quantitative estimate of drug-likeness (QED) is 0.529. The number of nitrogens with two attached hydrogens (primary N) is 1. The van der Waals surface area contributed by atoms with E-state index >= 15 is 0 Å². The van der Waals surface area contributed by atoms with Crippen molar-refractivity contribution in [1.82, 2.24) is 0 Å². The Bertz CT molecular complexity index is 842. The van der Waals surface area contributed by atoms with Gasteiger partial charge in [0.1, 0.15) is 0 Å². The van der Waals surface area contributed by atoms with Crippen LogP contribution >= 0.6 is 15.9 Å². The summed E-state index contributed by atoms with van der Waals surface area (Å²) < 4.78 is 11.6. The molecule has 1 aliphatic rings. The molecule has 142 valence electrons. The molecule has 2 aromatic carbocycles. The Morgan fingerprint density at radius 3 is 2.44 bits per heavy atom. The van der Waals surface area contributed by atoms with Gasteiger partial charge in [0.15, 0.2) is 11.5 Å². The summed E-state index contributed by atoms with van der Waals surface area (Å²) in [6.07, 6.45) is 4.53. The lowest BCUT2D eigenvalue weighted by molar-refractivity contribution is -0.131. The summed E-state index contributed by atoms with van der Waals surface area (Å²) in [6.45, 7) is 4.06. The highest BCUT2D eigenvalue weighted by Gasteiger charge is 2.12. The van der Waals surface area contributed by atoms with Crippen molar-refractivity contribution in [2.45, 2.75) is 19.9 Å². The fraction of sp³-hybridized carbons (Fsp3) is 0.190. The minimum absolute atomic E-state index is 0.132. The van der Waals surface area contributed by atoms with Crippen molar-refractivity contribution < 1.29 is 19.4 Å². The van der Waals surface area contributed by atoms with Crippen LogP contribution in [0.5, 0.6) is 11.5 Å². The van der Waals surface area contributed by atoms with E-state index in [2.05, 4.69) is 15.9 Å². The van der Waals surface area contributed by atoms with Gasteiger partial charge in [0.2, 0.25) is 6.79 Å². The zero-order chi connectivity index (χ0) is 19.8. The number of rotatable bonds is 4. The third-order valence-corrected chi connectivity index (χ3v) is 4.20. The van der Waals surface area contributed by atoms with E-state index in [9.17, 15) is 4.79 Å². The van der Waals surface area contributed by atoms with E-state index in [1.807, 2.05) is 62.4 Å². The lowest BCUT2D eigenvalue weighted by Gasteiger charge is -2.03. The molecule has 1 atom stereocenters. The molecule has 0 aliphatic carbocycles. The third kappa shape index (κ3) is 6.92. The average molecular weight is 432 g/mol. The molecule has 6 heteroatoms. The number of ether oxygens (including phenoxy) is 2. The van der Waals surface area contributed by atoms with Crippen molar-refractivity contribution in [3.8, 4) is 11.5 Å². The maximum atomic E-state index is 10.4. The highest BCUT2D eigenvalue weighted by molar-refractivity contribution is 9.10. The highest BCUT2D eigenvalue weighted by Crippen LogP contribution is 2.33. The Balaban J connectivity index is 0.000000223. The second kappa shape index (κ2) is 9.94. The van der Waals surface area contributed by atoms with Crippen LogP contribution in [-0.2, 0) is 4.79 Å². The second-order valence-corrected chi connectivity index (χ2v) is 6.93. The Labute approximate surface area is 167 Å². The van der Waals surface area contributed by atoms with Gasteiger partial charge in [-0.2, -0.15) is 0 Å². The standard InChI is InChI=1S/C13H12O4.C8H10BrN/c1-9(2-5-13(14)15)6-10-3-4-11-12(7-10)17-8-16-11;1-6(10)7-2-4-8(9)5-3-7/h2-7H,8H2,1H3,(H,14,15);2-6H,10H2,1H3. The molecule has 3 N–H and O–H groups in total. The minimum atomic E-state index is -0.955. The largest absolute Gasteiger partial charge is 0.478 e. The molecule has 0 saturated carbocycles. The van der Waals surface area contributed by atoms with Gasteiger partial charge in [-0.15, -0.1) is 0 Å². The van der Waals surface area contributed by atoms with Crippen LogP contribution in [0.4, 0.5) is 0 Å². The number of halogens is 1. The van der Waals surface area contributed by atoms with E-state index in [0.717, 1.165) is 27.4 Å². The number of allylic oxidation sites excluding steroid dienone is 2. The van der Waals surface area contributed by atoms with E-state index in [0.29, 0.717) is 5.75 Å². The molecule has 0 fully saturated rings. The average Bonchev–Trinajstić information content (AvgIpc) is 3.08. The second-order valence-electron chi connectivity index (χ2n) is 6.01. The van der Waals surface area contributed by atoms with Gasteiger partial charge in [-0.3, -0.25) is 0 Å². The van der Waals surface area contributed by atoms with E-state index in [4.69, 9.17) is 20.3 Å². The third-order valence-electron chi connectivity index (χ3n) is 3.68. The van der Waals surface area contributed by atoms with Gasteiger partial charge in [0.05, 0.1) is 0 Å². The molecule has 1 heterocycles. The highest BCUT2D eigenvalue weighted by atomic mass is 79.9. The van der Waals surface area contributed by atoms with Crippen molar-refractivity contribution in [2.24, 2.45) is 5.73 Å². The Kier molecular flexibility index (Phi) is 7.64. The summed E-state index contributed by atoms with van der Waals surface area (Å²) in [6, 6.07) is 13.8. The Hall–Kier alpha value is -2.57. The molecule has 3 rings (SSSR count). The van der Waals surface area contributed by atoms with Crippen LogP contribution < -0.4 is 15.2 Å². The van der Waals surface area contributed by atoms with E-state index in [1.165, 1.54) is 5.56 Å². The molecule has 2 aromatic rings. The predicted molar refractivity (Wildman–Crippen MR) is 110 cm³/mol. The number of carboxylic acid groups (broad SMARTS) is 1. The first kappa shape index (κ1) is 20.7. The van der Waals surface area contributed by atoms with Crippen molar-refractivity contribution >= 4 is 28.0 Å². The van der Waals surface area contributed by atoms with Gasteiger partial charge in [0.25, 0.3) is 0 Å². The summed E-state index contributed by atoms with van der Waals surface area (Å²) >= 11 is 3.35. The van der Waals surface area contributed by atoms with Gasteiger partial charge in [-0.05, 0) is 49.2 Å². The van der Waals surface area contributed by atoms with Crippen LogP contribution in [0.15, 0.2) is 64.7 Å². The number of carboxylic acids is 1. The van der Waals surface area contributed by atoms with E-state index in [1.54, 1.807) is 6.08 Å². The molecule has 27 heavy (non-hydrogen) atoms. The fourth-order valence-corrected chi connectivity index (χ4v) is 2.55. The zero-order valence-electron chi connectivity index (χ0n) is 15.2. The van der Waals surface area contributed by atoms with Gasteiger partial charge < -0.3 is 20.3 Å². The number of benzene rings is 2. The van der Waals surface area contributed by atoms with Crippen LogP contribution in [0.2, 0.25) is 0 Å². The molecular weight excluding hydrogens is 410 g/mol. The van der Waals surface area contributed by atoms with Gasteiger partial charge in [-0.25, -0.2) is 4.79 Å². The number of carbonyl (C=O) groups is 1. The maximum absolute atomic E-state index is 10.4. The lowest BCUT2D eigenvalue weighted by atomic mass is 10.1. The molecule has 5 nitrogen and oxygen atoms in total. The van der Waals surface area contributed by atoms with Crippen molar-refractivity contribution in [1.29, 1.82) is 0 Å². The van der Waals surface area contributed by atoms with Gasteiger partial charge in [-0.1, -0.05) is 51.9 Å². The topological polar surface area (TPSA) is 81.8 Å². The fourth-order valence-electron chi connectivity index (χ4n) is 2.28. The number of aliphatic carboxylic acids is 1. The molecule has 0 saturated heterocycles. The molecule has 0 amide bonds.